The summed E-state index contributed by atoms with van der Waals surface area (Å²) in [6.45, 7) is 2.63. The average molecular weight is 479 g/mol. The van der Waals surface area contributed by atoms with Gasteiger partial charge in [0.15, 0.2) is 5.69 Å². The van der Waals surface area contributed by atoms with Crippen LogP contribution < -0.4 is 15.9 Å². The van der Waals surface area contributed by atoms with Crippen LogP contribution in [0.15, 0.2) is 63.2 Å². The zero-order chi connectivity index (χ0) is 23.9. The molecule has 0 aliphatic rings. The van der Waals surface area contributed by atoms with Gasteiger partial charge in [0.25, 0.3) is 5.91 Å². The van der Waals surface area contributed by atoms with Gasteiger partial charge in [-0.2, -0.15) is 9.78 Å². The number of nitrogens with one attached hydrogen (secondary N) is 1. The van der Waals surface area contributed by atoms with Gasteiger partial charge in [-0.3, -0.25) is 4.79 Å². The van der Waals surface area contributed by atoms with Crippen molar-refractivity contribution >= 4 is 29.7 Å². The molecule has 0 atom stereocenters. The number of ether oxygens (including phenoxy) is 1. The molecule has 12 heteroatoms. The molecule has 0 aliphatic heterocycles. The lowest BCUT2D eigenvalue weighted by molar-refractivity contribution is 0.0950. The fourth-order valence-corrected chi connectivity index (χ4v) is 3.43. The Labute approximate surface area is 199 Å². The maximum atomic E-state index is 12.9. The molecule has 0 radical (unpaired) electrons. The standard InChI is InChI=1S/C22H22N8O3S/c1-3-12-32-16-8-6-15(7-9-16)19-18(25-29-30(19)21-20(23)27-33-28-21)22(31)26-24-13-14-4-10-17(34-2)11-5-14/h4-11,13H,3,12H2,1-2H3,(H2,23,27)(H,26,31). The maximum Gasteiger partial charge on any atom is 0.294 e. The first-order valence-electron chi connectivity index (χ1n) is 10.4. The van der Waals surface area contributed by atoms with E-state index in [0.29, 0.717) is 23.6 Å². The van der Waals surface area contributed by atoms with E-state index in [1.807, 2.05) is 37.4 Å². The largest absolute Gasteiger partial charge is 0.494 e. The molecule has 3 N–H and O–H groups in total. The molecule has 2 aromatic heterocycles. The van der Waals surface area contributed by atoms with E-state index >= 15 is 0 Å². The first-order valence-corrected chi connectivity index (χ1v) is 11.6. The Hall–Kier alpha value is -4.19. The van der Waals surface area contributed by atoms with E-state index in [0.717, 1.165) is 16.9 Å². The summed E-state index contributed by atoms with van der Waals surface area (Å²) in [5.41, 5.74) is 10.2. The van der Waals surface area contributed by atoms with Crippen molar-refractivity contribution in [2.45, 2.75) is 18.2 Å². The number of rotatable bonds is 9. The van der Waals surface area contributed by atoms with Gasteiger partial charge in [0.1, 0.15) is 11.4 Å². The van der Waals surface area contributed by atoms with Crippen LogP contribution in [-0.4, -0.2) is 50.3 Å². The van der Waals surface area contributed by atoms with E-state index in [9.17, 15) is 4.79 Å². The predicted molar refractivity (Wildman–Crippen MR) is 128 cm³/mol. The Morgan fingerprint density at radius 1 is 1.21 bits per heavy atom. The number of amides is 1. The molecule has 0 saturated heterocycles. The highest BCUT2D eigenvalue weighted by atomic mass is 32.2. The molecule has 0 spiro atoms. The van der Waals surface area contributed by atoms with Crippen LogP contribution in [0.1, 0.15) is 29.4 Å². The fourth-order valence-electron chi connectivity index (χ4n) is 3.02. The van der Waals surface area contributed by atoms with Crippen molar-refractivity contribution in [1.82, 2.24) is 30.7 Å². The first kappa shape index (κ1) is 23.0. The highest BCUT2D eigenvalue weighted by Crippen LogP contribution is 2.28. The lowest BCUT2D eigenvalue weighted by atomic mass is 10.1. The monoisotopic (exact) mass is 478 g/mol. The molecular weight excluding hydrogens is 456 g/mol. The van der Waals surface area contributed by atoms with Gasteiger partial charge < -0.3 is 10.5 Å². The molecular formula is C22H22N8O3S. The second-order valence-corrected chi connectivity index (χ2v) is 7.90. The van der Waals surface area contributed by atoms with Crippen LogP contribution in [0.5, 0.6) is 5.75 Å². The summed E-state index contributed by atoms with van der Waals surface area (Å²) >= 11 is 1.64. The summed E-state index contributed by atoms with van der Waals surface area (Å²) in [4.78, 5) is 14.1. The molecule has 0 bridgehead atoms. The molecule has 34 heavy (non-hydrogen) atoms. The lowest BCUT2D eigenvalue weighted by Gasteiger charge is -2.08. The number of hydrogen-bond donors (Lipinski definition) is 2. The summed E-state index contributed by atoms with van der Waals surface area (Å²) in [5, 5.41) is 19.5. The van der Waals surface area contributed by atoms with Crippen LogP contribution in [0.2, 0.25) is 0 Å². The van der Waals surface area contributed by atoms with Gasteiger partial charge in [0.05, 0.1) is 12.8 Å². The van der Waals surface area contributed by atoms with Gasteiger partial charge in [-0.15, -0.1) is 16.9 Å². The van der Waals surface area contributed by atoms with E-state index in [-0.39, 0.29) is 17.3 Å². The SMILES string of the molecule is CCCOc1ccc(-c2c(C(=O)NN=Cc3ccc(SC)cc3)nnn2-c2nonc2N)cc1. The van der Waals surface area contributed by atoms with E-state index < -0.39 is 5.91 Å². The lowest BCUT2D eigenvalue weighted by Crippen LogP contribution is -2.19. The number of nitrogens with two attached hydrogens (primary N) is 1. The number of hydrazone groups is 1. The average Bonchev–Trinajstić information content (AvgIpc) is 3.49. The van der Waals surface area contributed by atoms with Crippen LogP contribution in [0, 0.1) is 0 Å². The van der Waals surface area contributed by atoms with E-state index in [1.165, 1.54) is 4.68 Å². The summed E-state index contributed by atoms with van der Waals surface area (Å²) in [6.07, 6.45) is 4.44. The molecule has 174 valence electrons. The van der Waals surface area contributed by atoms with E-state index in [4.69, 9.17) is 15.1 Å². The minimum atomic E-state index is -0.556. The Kier molecular flexibility index (Phi) is 7.18. The number of thioether (sulfide) groups is 1. The van der Waals surface area contributed by atoms with Gasteiger partial charge in [0.2, 0.25) is 11.6 Å². The molecule has 0 fully saturated rings. The van der Waals surface area contributed by atoms with Gasteiger partial charge in [-0.05, 0) is 65.0 Å². The van der Waals surface area contributed by atoms with Crippen molar-refractivity contribution in [3.05, 3.63) is 59.8 Å². The topological polar surface area (TPSA) is 146 Å². The summed E-state index contributed by atoms with van der Waals surface area (Å²) in [7, 11) is 0. The molecule has 4 aromatic rings. The second-order valence-electron chi connectivity index (χ2n) is 7.02. The molecule has 1 amide bonds. The third-order valence-corrected chi connectivity index (χ3v) is 5.42. The number of carbonyl (C=O) groups is 1. The molecule has 11 nitrogen and oxygen atoms in total. The number of carbonyl (C=O) groups excluding carboxylic acids is 1. The summed E-state index contributed by atoms with van der Waals surface area (Å²) in [6, 6.07) is 14.9. The van der Waals surface area contributed by atoms with Crippen LogP contribution in [-0.2, 0) is 0 Å². The normalized spacial score (nSPS) is 11.1. The minimum Gasteiger partial charge on any atom is -0.494 e. The van der Waals surface area contributed by atoms with Crippen molar-refractivity contribution in [1.29, 1.82) is 0 Å². The van der Waals surface area contributed by atoms with Crippen molar-refractivity contribution in [3.63, 3.8) is 0 Å². The predicted octanol–water partition coefficient (Wildman–Crippen LogP) is 3.17. The number of aromatic nitrogens is 5. The Morgan fingerprint density at radius 2 is 1.97 bits per heavy atom. The number of anilines is 1. The molecule has 2 aromatic carbocycles. The molecule has 0 saturated carbocycles. The second kappa shape index (κ2) is 10.6. The van der Waals surface area contributed by atoms with Gasteiger partial charge in [0, 0.05) is 10.5 Å². The third-order valence-electron chi connectivity index (χ3n) is 4.68. The van der Waals surface area contributed by atoms with Crippen LogP contribution in [0.4, 0.5) is 5.82 Å². The van der Waals surface area contributed by atoms with Crippen LogP contribution >= 0.6 is 11.8 Å². The molecule has 4 rings (SSSR count). The number of nitrogens with zero attached hydrogens (tertiary/aromatic N) is 6. The zero-order valence-corrected chi connectivity index (χ0v) is 19.3. The summed E-state index contributed by atoms with van der Waals surface area (Å²) in [5.74, 6) is 0.271. The molecule has 0 aliphatic carbocycles. The van der Waals surface area contributed by atoms with Crippen LogP contribution in [0.25, 0.3) is 17.1 Å². The van der Waals surface area contributed by atoms with Crippen molar-refractivity contribution in [2.24, 2.45) is 5.10 Å². The van der Waals surface area contributed by atoms with Crippen molar-refractivity contribution in [3.8, 4) is 22.8 Å². The number of nitrogen functional groups attached to an aromatic ring is 1. The van der Waals surface area contributed by atoms with E-state index in [1.54, 1.807) is 42.2 Å². The van der Waals surface area contributed by atoms with Crippen molar-refractivity contribution in [2.75, 3.05) is 18.6 Å². The first-order chi connectivity index (χ1) is 16.6. The maximum absolute atomic E-state index is 12.9. The van der Waals surface area contributed by atoms with E-state index in [2.05, 4.69) is 31.2 Å². The van der Waals surface area contributed by atoms with Gasteiger partial charge in [-0.25, -0.2) is 10.1 Å². The smallest absolute Gasteiger partial charge is 0.294 e. The fraction of sp³-hybridized carbons (Fsp3) is 0.182. The van der Waals surface area contributed by atoms with Crippen LogP contribution in [0.3, 0.4) is 0 Å². The highest BCUT2D eigenvalue weighted by Gasteiger charge is 2.25. The molecule has 2 heterocycles. The quantitative estimate of drug-likeness (QED) is 0.210. The number of benzene rings is 2. The van der Waals surface area contributed by atoms with Crippen molar-refractivity contribution < 1.29 is 14.2 Å². The Bertz CT molecular complexity index is 1280. The van der Waals surface area contributed by atoms with Gasteiger partial charge in [-0.1, -0.05) is 24.3 Å². The third kappa shape index (κ3) is 5.07. The summed E-state index contributed by atoms with van der Waals surface area (Å²) < 4.78 is 11.6. The molecule has 0 unspecified atom stereocenters. The zero-order valence-electron chi connectivity index (χ0n) is 18.5. The minimum absolute atomic E-state index is 0.00715. The Morgan fingerprint density at radius 3 is 2.62 bits per heavy atom. The highest BCUT2D eigenvalue weighted by molar-refractivity contribution is 7.98. The van der Waals surface area contributed by atoms with Gasteiger partial charge >= 0.3 is 0 Å². The Balaban J connectivity index is 1.62. The number of hydrogen-bond acceptors (Lipinski definition) is 10.